The smallest absolute Gasteiger partial charge is 0.289 e. The molecule has 4 heterocycles. The Balaban J connectivity index is 1.37. The first-order valence-electron chi connectivity index (χ1n) is 8.52. The van der Waals surface area contributed by atoms with Crippen molar-refractivity contribution in [1.82, 2.24) is 19.9 Å². The van der Waals surface area contributed by atoms with E-state index in [1.165, 1.54) is 0 Å². The van der Waals surface area contributed by atoms with E-state index in [0.29, 0.717) is 43.5 Å². The maximum Gasteiger partial charge on any atom is 0.289 e. The summed E-state index contributed by atoms with van der Waals surface area (Å²) in [5.74, 6) is 1.41. The predicted octanol–water partition coefficient (Wildman–Crippen LogP) is 1.37. The minimum Gasteiger partial charge on any atom is -0.459 e. The fraction of sp³-hybridized carbons (Fsp3) is 0.529. The van der Waals surface area contributed by atoms with Crippen molar-refractivity contribution in [1.29, 1.82) is 0 Å². The molecule has 0 radical (unpaired) electrons. The number of amides is 2. The molecule has 2 aliphatic rings. The van der Waals surface area contributed by atoms with Crippen LogP contribution in [-0.4, -0.2) is 57.4 Å². The molecule has 2 aliphatic heterocycles. The Bertz CT molecular complexity index is 805. The van der Waals surface area contributed by atoms with Crippen molar-refractivity contribution in [3.63, 3.8) is 0 Å². The Hall–Kier alpha value is -2.64. The summed E-state index contributed by atoms with van der Waals surface area (Å²) in [7, 11) is 0. The van der Waals surface area contributed by atoms with Gasteiger partial charge < -0.3 is 18.7 Å². The lowest BCUT2D eigenvalue weighted by atomic mass is 10.1. The van der Waals surface area contributed by atoms with Crippen LogP contribution in [0.3, 0.4) is 0 Å². The fourth-order valence-electron chi connectivity index (χ4n) is 3.49. The largest absolute Gasteiger partial charge is 0.459 e. The van der Waals surface area contributed by atoms with Crippen molar-refractivity contribution in [3.8, 4) is 0 Å². The van der Waals surface area contributed by atoms with Gasteiger partial charge in [0, 0.05) is 31.6 Å². The van der Waals surface area contributed by atoms with Crippen LogP contribution in [0.25, 0.3) is 0 Å². The number of aromatic nitrogens is 2. The van der Waals surface area contributed by atoms with Crippen LogP contribution < -0.4 is 0 Å². The lowest BCUT2D eigenvalue weighted by Crippen LogP contribution is -2.61. The van der Waals surface area contributed by atoms with Crippen LogP contribution in [0.15, 0.2) is 21.3 Å². The molecule has 2 saturated heterocycles. The van der Waals surface area contributed by atoms with Crippen LogP contribution in [0.4, 0.5) is 0 Å². The second kappa shape index (κ2) is 6.02. The van der Waals surface area contributed by atoms with Gasteiger partial charge in [0.15, 0.2) is 11.6 Å². The Morgan fingerprint density at radius 3 is 2.84 bits per heavy atom. The average Bonchev–Trinajstić information content (AvgIpc) is 3.25. The number of nitrogens with zero attached hydrogens (tertiary/aromatic N) is 4. The van der Waals surface area contributed by atoms with E-state index in [9.17, 15) is 9.59 Å². The van der Waals surface area contributed by atoms with E-state index in [0.717, 1.165) is 12.0 Å². The highest BCUT2D eigenvalue weighted by molar-refractivity contribution is 5.93. The van der Waals surface area contributed by atoms with E-state index in [1.807, 2.05) is 17.9 Å². The Kier molecular flexibility index (Phi) is 3.82. The van der Waals surface area contributed by atoms with E-state index in [2.05, 4.69) is 10.1 Å². The maximum absolute atomic E-state index is 12.5. The zero-order valence-electron chi connectivity index (χ0n) is 14.3. The van der Waals surface area contributed by atoms with Gasteiger partial charge in [-0.2, -0.15) is 4.98 Å². The number of carbonyl (C=O) groups excluding carboxylic acids is 2. The lowest BCUT2D eigenvalue weighted by molar-refractivity contribution is -0.132. The van der Waals surface area contributed by atoms with Gasteiger partial charge in [-0.15, -0.1) is 0 Å². The van der Waals surface area contributed by atoms with Crippen molar-refractivity contribution in [2.24, 2.45) is 0 Å². The molecule has 1 atom stereocenters. The van der Waals surface area contributed by atoms with E-state index < -0.39 is 0 Å². The normalized spacial score (nSPS) is 21.0. The molecule has 2 aromatic rings. The summed E-state index contributed by atoms with van der Waals surface area (Å²) in [5.41, 5.74) is 0.914. The van der Waals surface area contributed by atoms with Gasteiger partial charge in [0.1, 0.15) is 0 Å². The fourth-order valence-corrected chi connectivity index (χ4v) is 3.49. The third-order valence-corrected chi connectivity index (χ3v) is 4.96. The van der Waals surface area contributed by atoms with Crippen molar-refractivity contribution in [2.45, 2.75) is 38.6 Å². The van der Waals surface area contributed by atoms with Gasteiger partial charge in [-0.05, 0) is 19.4 Å². The van der Waals surface area contributed by atoms with Crippen LogP contribution in [0.2, 0.25) is 0 Å². The van der Waals surface area contributed by atoms with Crippen molar-refractivity contribution >= 4 is 11.8 Å². The van der Waals surface area contributed by atoms with E-state index in [-0.39, 0.29) is 23.8 Å². The van der Waals surface area contributed by atoms with Crippen LogP contribution in [0, 0.1) is 6.92 Å². The second-order valence-electron chi connectivity index (χ2n) is 6.62. The molecule has 132 valence electrons. The van der Waals surface area contributed by atoms with Gasteiger partial charge in [-0.3, -0.25) is 9.59 Å². The molecule has 0 N–H and O–H groups in total. The zero-order valence-corrected chi connectivity index (χ0v) is 14.3. The van der Waals surface area contributed by atoms with Crippen LogP contribution in [-0.2, 0) is 11.2 Å². The highest BCUT2D eigenvalue weighted by atomic mass is 16.5. The molecule has 8 heteroatoms. The Labute approximate surface area is 144 Å². The summed E-state index contributed by atoms with van der Waals surface area (Å²) in [6.07, 6.45) is 2.68. The van der Waals surface area contributed by atoms with E-state index in [1.54, 1.807) is 18.1 Å². The quantitative estimate of drug-likeness (QED) is 0.832. The minimum absolute atomic E-state index is 0.0468. The Morgan fingerprint density at radius 1 is 1.36 bits per heavy atom. The molecule has 25 heavy (non-hydrogen) atoms. The number of hydrogen-bond donors (Lipinski definition) is 0. The predicted molar refractivity (Wildman–Crippen MR) is 85.9 cm³/mol. The summed E-state index contributed by atoms with van der Waals surface area (Å²) in [4.78, 5) is 32.6. The highest BCUT2D eigenvalue weighted by Gasteiger charge is 2.44. The van der Waals surface area contributed by atoms with Gasteiger partial charge in [-0.25, -0.2) is 0 Å². The number of carbonyl (C=O) groups is 2. The summed E-state index contributed by atoms with van der Waals surface area (Å²) < 4.78 is 10.5. The maximum atomic E-state index is 12.5. The molecule has 0 spiro atoms. The third kappa shape index (κ3) is 2.71. The summed E-state index contributed by atoms with van der Waals surface area (Å²) in [6, 6.07) is 1.87. The number of likely N-dealkylation sites (tertiary alicyclic amines) is 2. The molecule has 1 unspecified atom stereocenters. The summed E-state index contributed by atoms with van der Waals surface area (Å²) in [5, 5.41) is 3.79. The summed E-state index contributed by atoms with van der Waals surface area (Å²) >= 11 is 0. The Morgan fingerprint density at radius 2 is 2.16 bits per heavy atom. The SMILES string of the molecule is CCc1ccoc1C(=O)N1CC(N2CC(c3nc(C)no3)CC2=O)C1. The number of aryl methyl sites for hydroxylation is 2. The molecule has 0 aliphatic carbocycles. The molecular weight excluding hydrogens is 324 g/mol. The molecular formula is C17H20N4O4. The first-order chi connectivity index (χ1) is 12.1. The number of furan rings is 1. The third-order valence-electron chi connectivity index (χ3n) is 4.96. The molecule has 4 rings (SSSR count). The molecule has 0 aromatic carbocycles. The van der Waals surface area contributed by atoms with E-state index in [4.69, 9.17) is 8.94 Å². The van der Waals surface area contributed by atoms with Gasteiger partial charge in [0.25, 0.3) is 5.91 Å². The molecule has 8 nitrogen and oxygen atoms in total. The molecule has 2 amide bonds. The van der Waals surface area contributed by atoms with Crippen molar-refractivity contribution in [3.05, 3.63) is 35.4 Å². The second-order valence-corrected chi connectivity index (χ2v) is 6.62. The van der Waals surface area contributed by atoms with Crippen LogP contribution >= 0.6 is 0 Å². The monoisotopic (exact) mass is 344 g/mol. The number of hydrogen-bond acceptors (Lipinski definition) is 6. The summed E-state index contributed by atoms with van der Waals surface area (Å²) in [6.45, 7) is 5.38. The zero-order chi connectivity index (χ0) is 17.6. The first-order valence-corrected chi connectivity index (χ1v) is 8.52. The van der Waals surface area contributed by atoms with Gasteiger partial charge >= 0.3 is 0 Å². The van der Waals surface area contributed by atoms with Crippen molar-refractivity contribution in [2.75, 3.05) is 19.6 Å². The highest BCUT2D eigenvalue weighted by Crippen LogP contribution is 2.31. The lowest BCUT2D eigenvalue weighted by Gasteiger charge is -2.43. The standard InChI is InChI=1S/C17H20N4O4/c1-3-11-4-5-24-15(11)17(23)20-8-13(9-20)21-7-12(6-14(21)22)16-18-10(2)19-25-16/h4-5,12-13H,3,6-9H2,1-2H3. The molecule has 2 aromatic heterocycles. The molecule has 0 saturated carbocycles. The van der Waals surface area contributed by atoms with Gasteiger partial charge in [0.05, 0.1) is 18.2 Å². The average molecular weight is 344 g/mol. The molecule has 2 fully saturated rings. The van der Waals surface area contributed by atoms with Gasteiger partial charge in [-0.1, -0.05) is 12.1 Å². The topological polar surface area (TPSA) is 92.7 Å². The number of rotatable bonds is 4. The molecule has 0 bridgehead atoms. The van der Waals surface area contributed by atoms with Crippen LogP contribution in [0.1, 0.15) is 47.1 Å². The first kappa shape index (κ1) is 15.9. The van der Waals surface area contributed by atoms with Crippen molar-refractivity contribution < 1.29 is 18.5 Å². The van der Waals surface area contributed by atoms with Crippen LogP contribution in [0.5, 0.6) is 0 Å². The van der Waals surface area contributed by atoms with E-state index >= 15 is 0 Å². The minimum atomic E-state index is -0.103. The van der Waals surface area contributed by atoms with Gasteiger partial charge in [0.2, 0.25) is 11.8 Å².